The molecule has 0 saturated carbocycles. The number of pyridine rings is 1. The molecule has 0 fully saturated rings. The lowest BCUT2D eigenvalue weighted by Crippen LogP contribution is -1.98. The Bertz CT molecular complexity index is 449. The fraction of sp³-hybridized carbons (Fsp3) is 0.214. The van der Waals surface area contributed by atoms with Gasteiger partial charge >= 0.3 is 0 Å². The van der Waals surface area contributed by atoms with Crippen LogP contribution in [0.4, 0.5) is 11.5 Å². The molecule has 1 heterocycles. The van der Waals surface area contributed by atoms with Gasteiger partial charge in [-0.05, 0) is 41.8 Å². The maximum absolute atomic E-state index is 5.61. The van der Waals surface area contributed by atoms with E-state index in [1.165, 1.54) is 5.56 Å². The summed E-state index contributed by atoms with van der Waals surface area (Å²) in [6.45, 7) is 2.69. The van der Waals surface area contributed by atoms with Crippen LogP contribution in [-0.4, -0.2) is 4.98 Å². The van der Waals surface area contributed by atoms with Gasteiger partial charge < -0.3 is 11.1 Å². The predicted octanol–water partition coefficient (Wildman–Crippen LogP) is 2.85. The first-order chi connectivity index (χ1) is 8.31. The third-order valence-electron chi connectivity index (χ3n) is 2.67. The molecule has 2 aromatic rings. The van der Waals surface area contributed by atoms with Gasteiger partial charge in [0, 0.05) is 18.4 Å². The van der Waals surface area contributed by atoms with Crippen molar-refractivity contribution >= 4 is 11.5 Å². The molecule has 0 radical (unpaired) electrons. The number of hydrogen-bond donors (Lipinski definition) is 2. The number of nitrogens with zero attached hydrogens (tertiary/aromatic N) is 1. The second-order valence-corrected chi connectivity index (χ2v) is 3.93. The van der Waals surface area contributed by atoms with E-state index >= 15 is 0 Å². The van der Waals surface area contributed by atoms with Crippen LogP contribution < -0.4 is 11.1 Å². The van der Waals surface area contributed by atoms with Crippen molar-refractivity contribution in [3.8, 4) is 0 Å². The lowest BCUT2D eigenvalue weighted by molar-refractivity contribution is 1.07. The smallest absolute Gasteiger partial charge is 0.130 e. The van der Waals surface area contributed by atoms with Crippen molar-refractivity contribution in [1.82, 2.24) is 4.98 Å². The van der Waals surface area contributed by atoms with E-state index < -0.39 is 0 Å². The highest BCUT2D eigenvalue weighted by atomic mass is 15.0. The average molecular weight is 227 g/mol. The summed E-state index contributed by atoms with van der Waals surface area (Å²) in [4.78, 5) is 4.30. The lowest BCUT2D eigenvalue weighted by atomic mass is 10.2. The second-order valence-electron chi connectivity index (χ2n) is 3.93. The van der Waals surface area contributed by atoms with Gasteiger partial charge in [0.25, 0.3) is 0 Å². The third kappa shape index (κ3) is 3.04. The van der Waals surface area contributed by atoms with Gasteiger partial charge in [-0.3, -0.25) is 0 Å². The van der Waals surface area contributed by atoms with E-state index in [-0.39, 0.29) is 0 Å². The molecule has 0 aliphatic heterocycles. The first-order valence-electron chi connectivity index (χ1n) is 5.82. The van der Waals surface area contributed by atoms with E-state index in [2.05, 4.69) is 23.3 Å². The molecular formula is C14H17N3. The zero-order valence-electron chi connectivity index (χ0n) is 9.98. The number of anilines is 2. The molecule has 0 aliphatic carbocycles. The number of rotatable bonds is 4. The Morgan fingerprint density at radius 3 is 2.82 bits per heavy atom. The van der Waals surface area contributed by atoms with Crippen LogP contribution in [0.2, 0.25) is 0 Å². The fourth-order valence-electron chi connectivity index (χ4n) is 1.69. The Balaban J connectivity index is 2.18. The Kier molecular flexibility index (Phi) is 3.73. The summed E-state index contributed by atoms with van der Waals surface area (Å²) in [5, 5.41) is 3.29. The first-order valence-corrected chi connectivity index (χ1v) is 5.82. The summed E-state index contributed by atoms with van der Waals surface area (Å²) in [5.74, 6) is 0.874. The van der Waals surface area contributed by atoms with Crippen molar-refractivity contribution < 1.29 is 0 Å². The molecule has 0 spiro atoms. The number of aromatic nitrogens is 1. The standard InChI is InChI=1S/C14H17N3/c1-2-11-6-7-16-14(9-11)17-13-5-3-4-12(8-13)10-15/h3-9H,2,10,15H2,1H3,(H,16,17). The summed E-state index contributed by atoms with van der Waals surface area (Å²) in [6.07, 6.45) is 2.84. The van der Waals surface area contributed by atoms with Crippen LogP contribution >= 0.6 is 0 Å². The van der Waals surface area contributed by atoms with E-state index in [4.69, 9.17) is 5.73 Å². The highest BCUT2D eigenvalue weighted by Crippen LogP contribution is 2.16. The highest BCUT2D eigenvalue weighted by molar-refractivity contribution is 5.57. The predicted molar refractivity (Wildman–Crippen MR) is 71.2 cm³/mol. The lowest BCUT2D eigenvalue weighted by Gasteiger charge is -2.07. The Morgan fingerprint density at radius 1 is 1.18 bits per heavy atom. The Hall–Kier alpha value is -1.87. The molecule has 0 bridgehead atoms. The van der Waals surface area contributed by atoms with E-state index in [0.717, 1.165) is 23.5 Å². The number of hydrogen-bond acceptors (Lipinski definition) is 3. The summed E-state index contributed by atoms with van der Waals surface area (Å²) >= 11 is 0. The first kappa shape index (κ1) is 11.6. The van der Waals surface area contributed by atoms with Crippen LogP contribution in [0.1, 0.15) is 18.1 Å². The van der Waals surface area contributed by atoms with Gasteiger partial charge in [-0.15, -0.1) is 0 Å². The molecule has 3 heteroatoms. The second kappa shape index (κ2) is 5.46. The summed E-state index contributed by atoms with van der Waals surface area (Å²) in [6, 6.07) is 12.2. The Labute approximate surface area is 102 Å². The van der Waals surface area contributed by atoms with Crippen molar-refractivity contribution in [2.75, 3.05) is 5.32 Å². The van der Waals surface area contributed by atoms with Crippen LogP contribution in [-0.2, 0) is 13.0 Å². The largest absolute Gasteiger partial charge is 0.340 e. The van der Waals surface area contributed by atoms with Gasteiger partial charge in [-0.2, -0.15) is 0 Å². The van der Waals surface area contributed by atoms with Crippen molar-refractivity contribution in [3.05, 3.63) is 53.7 Å². The number of aryl methyl sites for hydroxylation is 1. The van der Waals surface area contributed by atoms with Gasteiger partial charge in [-0.1, -0.05) is 19.1 Å². The molecule has 0 aliphatic rings. The Morgan fingerprint density at radius 2 is 2.06 bits per heavy atom. The average Bonchev–Trinajstić information content (AvgIpc) is 2.39. The molecule has 0 atom stereocenters. The summed E-state index contributed by atoms with van der Waals surface area (Å²) < 4.78 is 0. The monoisotopic (exact) mass is 227 g/mol. The molecule has 0 unspecified atom stereocenters. The zero-order valence-corrected chi connectivity index (χ0v) is 9.98. The number of benzene rings is 1. The normalized spacial score (nSPS) is 10.2. The molecule has 0 amide bonds. The van der Waals surface area contributed by atoms with Crippen LogP contribution in [0.3, 0.4) is 0 Å². The van der Waals surface area contributed by atoms with Crippen LogP contribution in [0.5, 0.6) is 0 Å². The SMILES string of the molecule is CCc1ccnc(Nc2cccc(CN)c2)c1. The minimum atomic E-state index is 0.554. The van der Waals surface area contributed by atoms with Crippen molar-refractivity contribution in [1.29, 1.82) is 0 Å². The minimum Gasteiger partial charge on any atom is -0.340 e. The van der Waals surface area contributed by atoms with E-state index in [9.17, 15) is 0 Å². The maximum Gasteiger partial charge on any atom is 0.130 e. The van der Waals surface area contributed by atoms with Gasteiger partial charge in [-0.25, -0.2) is 4.98 Å². The summed E-state index contributed by atoms with van der Waals surface area (Å²) in [5.41, 5.74) is 9.02. The third-order valence-corrected chi connectivity index (χ3v) is 2.67. The van der Waals surface area contributed by atoms with Gasteiger partial charge in [0.05, 0.1) is 0 Å². The minimum absolute atomic E-state index is 0.554. The molecule has 3 N–H and O–H groups in total. The van der Waals surface area contributed by atoms with Gasteiger partial charge in [0.15, 0.2) is 0 Å². The fourth-order valence-corrected chi connectivity index (χ4v) is 1.69. The molecule has 2 rings (SSSR count). The van der Waals surface area contributed by atoms with E-state index in [1.54, 1.807) is 0 Å². The van der Waals surface area contributed by atoms with Crippen molar-refractivity contribution in [2.45, 2.75) is 19.9 Å². The van der Waals surface area contributed by atoms with Gasteiger partial charge in [0.1, 0.15) is 5.82 Å². The summed E-state index contributed by atoms with van der Waals surface area (Å²) in [7, 11) is 0. The quantitative estimate of drug-likeness (QED) is 0.844. The van der Waals surface area contributed by atoms with Crippen molar-refractivity contribution in [2.24, 2.45) is 5.73 Å². The van der Waals surface area contributed by atoms with E-state index in [0.29, 0.717) is 6.54 Å². The van der Waals surface area contributed by atoms with Crippen LogP contribution in [0.15, 0.2) is 42.6 Å². The number of nitrogens with one attached hydrogen (secondary N) is 1. The molecular weight excluding hydrogens is 210 g/mol. The molecule has 3 nitrogen and oxygen atoms in total. The molecule has 1 aromatic heterocycles. The van der Waals surface area contributed by atoms with Crippen molar-refractivity contribution in [3.63, 3.8) is 0 Å². The van der Waals surface area contributed by atoms with Crippen LogP contribution in [0.25, 0.3) is 0 Å². The molecule has 1 aromatic carbocycles. The van der Waals surface area contributed by atoms with Crippen LogP contribution in [0, 0.1) is 0 Å². The number of nitrogens with two attached hydrogens (primary N) is 1. The molecule has 88 valence electrons. The topological polar surface area (TPSA) is 50.9 Å². The van der Waals surface area contributed by atoms with Gasteiger partial charge in [0.2, 0.25) is 0 Å². The van der Waals surface area contributed by atoms with E-state index in [1.807, 2.05) is 36.5 Å². The molecule has 17 heavy (non-hydrogen) atoms. The maximum atomic E-state index is 5.61. The highest BCUT2D eigenvalue weighted by Gasteiger charge is 1.98. The zero-order chi connectivity index (χ0) is 12.1. The molecule has 0 saturated heterocycles.